The average molecular weight is 202 g/mol. The van der Waals surface area contributed by atoms with E-state index in [0.29, 0.717) is 17.6 Å². The minimum atomic E-state index is 0. The molecule has 0 aliphatic rings. The van der Waals surface area contributed by atoms with Gasteiger partial charge < -0.3 is 21.5 Å². The zero-order valence-corrected chi connectivity index (χ0v) is 7.98. The van der Waals surface area contributed by atoms with Crippen LogP contribution in [0.15, 0.2) is 0 Å². The summed E-state index contributed by atoms with van der Waals surface area (Å²) in [6.07, 6.45) is 10.2. The van der Waals surface area contributed by atoms with Gasteiger partial charge >= 0.3 is 0 Å². The van der Waals surface area contributed by atoms with Gasteiger partial charge in [-0.2, -0.15) is 0 Å². The Kier molecular flexibility index (Phi) is 6.56. The molecule has 0 unspecified atom stereocenters. The minimum absolute atomic E-state index is 0. The van der Waals surface area contributed by atoms with Crippen molar-refractivity contribution in [1.82, 2.24) is 0 Å². The fourth-order valence-electron chi connectivity index (χ4n) is 0.550. The van der Waals surface area contributed by atoms with Gasteiger partial charge in [0, 0.05) is 0 Å². The van der Waals surface area contributed by atoms with Crippen LogP contribution in [0.1, 0.15) is 0 Å². The molecular weight excluding hydrogens is 190 g/mol. The first-order chi connectivity index (χ1) is 4.12. The van der Waals surface area contributed by atoms with Crippen molar-refractivity contribution in [1.29, 1.82) is 0 Å². The maximum atomic E-state index is 5.11. The summed E-state index contributed by atoms with van der Waals surface area (Å²) in [4.78, 5) is 0. The highest BCUT2D eigenvalue weighted by atomic mass is 79.9. The van der Waals surface area contributed by atoms with E-state index < -0.39 is 0 Å². The normalized spacial score (nSPS) is 8.80. The highest BCUT2D eigenvalue weighted by Crippen LogP contribution is 1.91. The molecule has 0 aromatic carbocycles. The van der Waals surface area contributed by atoms with Crippen LogP contribution in [0.3, 0.4) is 0 Å². The van der Waals surface area contributed by atoms with Crippen molar-refractivity contribution in [2.45, 2.75) is 0 Å². The van der Waals surface area contributed by atoms with Crippen molar-refractivity contribution in [3.8, 4) is 24.7 Å². The Morgan fingerprint density at radius 3 is 1.60 bits per heavy atom. The number of rotatable bonds is 2. The van der Waals surface area contributed by atoms with Gasteiger partial charge in [-0.05, 0) is 11.8 Å². The Bertz CT molecular complexity index is 141. The van der Waals surface area contributed by atoms with E-state index in [4.69, 9.17) is 12.8 Å². The van der Waals surface area contributed by atoms with Crippen LogP contribution in [0.25, 0.3) is 0 Å². The number of terminal acetylenes is 2. The Labute approximate surface area is 73.8 Å². The molecule has 0 fully saturated rings. The van der Waals surface area contributed by atoms with Crippen LogP contribution >= 0.6 is 0 Å². The van der Waals surface area contributed by atoms with E-state index in [2.05, 4.69) is 11.8 Å². The van der Waals surface area contributed by atoms with E-state index in [0.717, 1.165) is 0 Å². The zero-order valence-electron chi connectivity index (χ0n) is 6.39. The molecule has 0 spiro atoms. The topological polar surface area (TPSA) is 0 Å². The molecule has 0 rings (SSSR count). The molecular formula is C8H12BrN. The molecule has 0 aromatic rings. The van der Waals surface area contributed by atoms with Crippen LogP contribution in [0.4, 0.5) is 0 Å². The van der Waals surface area contributed by atoms with Gasteiger partial charge in [-0.15, -0.1) is 12.8 Å². The molecule has 0 amide bonds. The predicted octanol–water partition coefficient (Wildman–Crippen LogP) is -2.67. The number of hydrogen-bond donors (Lipinski definition) is 0. The molecule has 0 aliphatic carbocycles. The third-order valence-electron chi connectivity index (χ3n) is 1.04. The summed E-state index contributed by atoms with van der Waals surface area (Å²) < 4.78 is 0.715. The lowest BCUT2D eigenvalue weighted by Crippen LogP contribution is -3.00. The van der Waals surface area contributed by atoms with Gasteiger partial charge in [-0.25, -0.2) is 0 Å². The van der Waals surface area contributed by atoms with Crippen LogP contribution < -0.4 is 17.0 Å². The van der Waals surface area contributed by atoms with Gasteiger partial charge in [-0.3, -0.25) is 0 Å². The van der Waals surface area contributed by atoms with Crippen molar-refractivity contribution >= 4 is 0 Å². The molecule has 0 saturated heterocycles. The van der Waals surface area contributed by atoms with Gasteiger partial charge in [0.15, 0.2) is 0 Å². The van der Waals surface area contributed by atoms with Gasteiger partial charge in [0.1, 0.15) is 13.1 Å². The number of quaternary nitrogens is 1. The number of hydrogen-bond acceptors (Lipinski definition) is 0. The van der Waals surface area contributed by atoms with Crippen molar-refractivity contribution in [2.24, 2.45) is 0 Å². The van der Waals surface area contributed by atoms with E-state index in [-0.39, 0.29) is 17.0 Å². The summed E-state index contributed by atoms with van der Waals surface area (Å²) in [5, 5.41) is 0. The predicted molar refractivity (Wildman–Crippen MR) is 39.5 cm³/mol. The summed E-state index contributed by atoms with van der Waals surface area (Å²) >= 11 is 0. The molecule has 2 heteroatoms. The molecule has 0 saturated carbocycles. The highest BCUT2D eigenvalue weighted by molar-refractivity contribution is 4.87. The number of nitrogens with zero attached hydrogens (tertiary/aromatic N) is 1. The molecule has 0 radical (unpaired) electrons. The van der Waals surface area contributed by atoms with Gasteiger partial charge in [-0.1, -0.05) is 0 Å². The molecule has 1 nitrogen and oxygen atoms in total. The highest BCUT2D eigenvalue weighted by Gasteiger charge is 2.08. The van der Waals surface area contributed by atoms with Crippen LogP contribution in [-0.4, -0.2) is 31.7 Å². The second kappa shape index (κ2) is 5.35. The maximum Gasteiger partial charge on any atom is 0.141 e. The number of halogens is 1. The second-order valence-electron chi connectivity index (χ2n) is 2.66. The smallest absolute Gasteiger partial charge is 0.141 e. The zero-order chi connectivity index (χ0) is 7.33. The lowest BCUT2D eigenvalue weighted by Gasteiger charge is -2.24. The molecule has 0 aromatic heterocycles. The van der Waals surface area contributed by atoms with E-state index in [1.54, 1.807) is 0 Å². The van der Waals surface area contributed by atoms with Crippen LogP contribution in [0.2, 0.25) is 0 Å². The summed E-state index contributed by atoms with van der Waals surface area (Å²) in [5.74, 6) is 5.14. The Morgan fingerprint density at radius 1 is 1.10 bits per heavy atom. The van der Waals surface area contributed by atoms with E-state index in [9.17, 15) is 0 Å². The molecule has 0 bridgehead atoms. The minimum Gasteiger partial charge on any atom is -1.00 e. The van der Waals surface area contributed by atoms with Crippen LogP contribution in [0.5, 0.6) is 0 Å². The third-order valence-corrected chi connectivity index (χ3v) is 1.04. The third kappa shape index (κ3) is 5.69. The van der Waals surface area contributed by atoms with Crippen molar-refractivity contribution in [2.75, 3.05) is 27.2 Å². The monoisotopic (exact) mass is 201 g/mol. The average Bonchev–Trinajstić information content (AvgIpc) is 1.64. The fourth-order valence-corrected chi connectivity index (χ4v) is 0.550. The van der Waals surface area contributed by atoms with Crippen molar-refractivity contribution in [3.63, 3.8) is 0 Å². The van der Waals surface area contributed by atoms with Gasteiger partial charge in [0.2, 0.25) is 0 Å². The first-order valence-electron chi connectivity index (χ1n) is 2.81. The SMILES string of the molecule is C#CC[N+](C)(C)CC#C.[Br-]. The Morgan fingerprint density at radius 2 is 1.40 bits per heavy atom. The van der Waals surface area contributed by atoms with Gasteiger partial charge in [0.25, 0.3) is 0 Å². The fraction of sp³-hybridized carbons (Fsp3) is 0.500. The first-order valence-corrected chi connectivity index (χ1v) is 2.81. The quantitative estimate of drug-likeness (QED) is 0.338. The summed E-state index contributed by atoms with van der Waals surface area (Å²) in [7, 11) is 4.03. The standard InChI is InChI=1S/C8H12N.BrH/c1-5-7-9(3,4)8-6-2;/h1-2H,7-8H2,3-4H3;1H/q+1;/p-1. The Balaban J connectivity index is 0. The lowest BCUT2D eigenvalue weighted by atomic mass is 10.4. The summed E-state index contributed by atoms with van der Waals surface area (Å²) in [6.45, 7) is 1.40. The second-order valence-corrected chi connectivity index (χ2v) is 2.66. The van der Waals surface area contributed by atoms with Crippen LogP contribution in [0, 0.1) is 24.7 Å². The molecule has 56 valence electrons. The first kappa shape index (κ1) is 12.3. The largest absolute Gasteiger partial charge is 1.00 e. The van der Waals surface area contributed by atoms with E-state index in [1.165, 1.54) is 0 Å². The van der Waals surface area contributed by atoms with Crippen molar-refractivity contribution in [3.05, 3.63) is 0 Å². The summed E-state index contributed by atoms with van der Waals surface area (Å²) in [5.41, 5.74) is 0. The summed E-state index contributed by atoms with van der Waals surface area (Å²) in [6, 6.07) is 0. The van der Waals surface area contributed by atoms with E-state index in [1.807, 2.05) is 14.1 Å². The maximum absolute atomic E-state index is 5.11. The molecule has 0 atom stereocenters. The lowest BCUT2D eigenvalue weighted by molar-refractivity contribution is -0.875. The molecule has 10 heavy (non-hydrogen) atoms. The Hall–Kier alpha value is -0.440. The van der Waals surface area contributed by atoms with Crippen molar-refractivity contribution < 1.29 is 21.5 Å². The van der Waals surface area contributed by atoms with Gasteiger partial charge in [0.05, 0.1) is 14.1 Å². The van der Waals surface area contributed by atoms with E-state index >= 15 is 0 Å². The molecule has 0 heterocycles. The molecule has 0 aliphatic heterocycles. The van der Waals surface area contributed by atoms with Crippen LogP contribution in [-0.2, 0) is 0 Å². The molecule has 0 N–H and O–H groups in total.